The molecule has 18 heavy (non-hydrogen) atoms. The number of benzene rings is 1. The summed E-state index contributed by atoms with van der Waals surface area (Å²) in [6.45, 7) is 0. The predicted molar refractivity (Wildman–Crippen MR) is 65.7 cm³/mol. The molecule has 1 aromatic carbocycles. The molecule has 0 heterocycles. The fourth-order valence-corrected chi connectivity index (χ4v) is 2.24. The number of hydrogen-bond donors (Lipinski definition) is 3. The van der Waals surface area contributed by atoms with Crippen molar-refractivity contribution in [2.75, 3.05) is 5.32 Å². The van der Waals surface area contributed by atoms with Crippen LogP contribution in [0, 0.1) is 5.92 Å². The van der Waals surface area contributed by atoms with Gasteiger partial charge in [-0.2, -0.15) is 0 Å². The summed E-state index contributed by atoms with van der Waals surface area (Å²) < 4.78 is 0. The quantitative estimate of drug-likeness (QED) is 0.717. The molecule has 1 fully saturated rings. The Labute approximate surface area is 104 Å². The summed E-state index contributed by atoms with van der Waals surface area (Å²) in [5, 5.41) is 21.2. The van der Waals surface area contributed by atoms with E-state index in [1.54, 1.807) is 0 Å². The molecule has 0 bridgehead atoms. The standard InChI is InChI=1S/C13H15NO4/c15-11-9(13(17)18)6-3-7-10(11)14-12(16)8-4-1-2-5-8/h3,6-8,15H,1-2,4-5H2,(H,14,16)(H,17,18). The summed E-state index contributed by atoms with van der Waals surface area (Å²) in [6, 6.07) is 4.28. The van der Waals surface area contributed by atoms with E-state index in [9.17, 15) is 14.7 Å². The average Bonchev–Trinajstić information content (AvgIpc) is 2.85. The van der Waals surface area contributed by atoms with Crippen LogP contribution < -0.4 is 5.32 Å². The molecule has 96 valence electrons. The number of carbonyl (C=O) groups excluding carboxylic acids is 1. The van der Waals surface area contributed by atoms with Crippen molar-refractivity contribution in [2.45, 2.75) is 25.7 Å². The Kier molecular flexibility index (Phi) is 3.50. The van der Waals surface area contributed by atoms with Crippen molar-refractivity contribution in [1.82, 2.24) is 0 Å². The largest absolute Gasteiger partial charge is 0.505 e. The molecule has 0 unspecified atom stereocenters. The lowest BCUT2D eigenvalue weighted by Crippen LogP contribution is -2.20. The fraction of sp³-hybridized carbons (Fsp3) is 0.385. The van der Waals surface area contributed by atoms with Gasteiger partial charge in [-0.25, -0.2) is 4.79 Å². The number of carboxylic acids is 1. The zero-order valence-electron chi connectivity index (χ0n) is 9.85. The third kappa shape index (κ3) is 2.45. The molecule has 0 spiro atoms. The van der Waals surface area contributed by atoms with E-state index in [1.165, 1.54) is 18.2 Å². The van der Waals surface area contributed by atoms with Crippen LogP contribution in [0.1, 0.15) is 36.0 Å². The second-order valence-corrected chi connectivity index (χ2v) is 4.48. The van der Waals surface area contributed by atoms with Crippen LogP contribution in [0.5, 0.6) is 5.75 Å². The molecule has 0 aliphatic heterocycles. The third-order valence-electron chi connectivity index (χ3n) is 3.25. The smallest absolute Gasteiger partial charge is 0.339 e. The highest BCUT2D eigenvalue weighted by Crippen LogP contribution is 2.30. The van der Waals surface area contributed by atoms with Gasteiger partial charge in [0.1, 0.15) is 5.56 Å². The van der Waals surface area contributed by atoms with E-state index in [-0.39, 0.29) is 23.1 Å². The maximum atomic E-state index is 11.9. The molecule has 1 aliphatic carbocycles. The Morgan fingerprint density at radius 2 is 1.89 bits per heavy atom. The van der Waals surface area contributed by atoms with Gasteiger partial charge in [-0.15, -0.1) is 0 Å². The lowest BCUT2D eigenvalue weighted by Gasteiger charge is -2.12. The zero-order valence-corrected chi connectivity index (χ0v) is 9.85. The number of para-hydroxylation sites is 1. The molecule has 1 aliphatic rings. The van der Waals surface area contributed by atoms with Gasteiger partial charge in [0.2, 0.25) is 5.91 Å². The van der Waals surface area contributed by atoms with Crippen molar-refractivity contribution >= 4 is 17.6 Å². The molecule has 0 radical (unpaired) electrons. The van der Waals surface area contributed by atoms with Gasteiger partial charge in [0.05, 0.1) is 5.69 Å². The number of hydrogen-bond acceptors (Lipinski definition) is 3. The van der Waals surface area contributed by atoms with Crippen molar-refractivity contribution < 1.29 is 19.8 Å². The van der Waals surface area contributed by atoms with Gasteiger partial charge in [-0.05, 0) is 25.0 Å². The first-order valence-corrected chi connectivity index (χ1v) is 5.95. The van der Waals surface area contributed by atoms with Gasteiger partial charge in [0.25, 0.3) is 0 Å². The van der Waals surface area contributed by atoms with E-state index in [0.717, 1.165) is 25.7 Å². The minimum absolute atomic E-state index is 0.0297. The monoisotopic (exact) mass is 249 g/mol. The zero-order chi connectivity index (χ0) is 13.1. The molecule has 3 N–H and O–H groups in total. The predicted octanol–water partition coefficient (Wildman–Crippen LogP) is 2.22. The average molecular weight is 249 g/mol. The van der Waals surface area contributed by atoms with Crippen molar-refractivity contribution in [2.24, 2.45) is 5.92 Å². The summed E-state index contributed by atoms with van der Waals surface area (Å²) in [6.07, 6.45) is 3.79. The first-order chi connectivity index (χ1) is 8.59. The Balaban J connectivity index is 2.16. The van der Waals surface area contributed by atoms with E-state index >= 15 is 0 Å². The summed E-state index contributed by atoms with van der Waals surface area (Å²) in [5.74, 6) is -1.79. The summed E-state index contributed by atoms with van der Waals surface area (Å²) in [5.41, 5.74) is -0.0500. The number of phenols is 1. The normalized spacial score (nSPS) is 15.6. The second-order valence-electron chi connectivity index (χ2n) is 4.48. The third-order valence-corrected chi connectivity index (χ3v) is 3.25. The van der Waals surface area contributed by atoms with Crippen LogP contribution in [-0.4, -0.2) is 22.1 Å². The maximum Gasteiger partial charge on any atom is 0.339 e. The number of amides is 1. The minimum atomic E-state index is -1.22. The minimum Gasteiger partial charge on any atom is -0.505 e. The molecular formula is C13H15NO4. The summed E-state index contributed by atoms with van der Waals surface area (Å²) in [4.78, 5) is 22.7. The van der Waals surface area contributed by atoms with E-state index < -0.39 is 11.7 Å². The van der Waals surface area contributed by atoms with Crippen LogP contribution in [0.15, 0.2) is 18.2 Å². The van der Waals surface area contributed by atoms with Crippen molar-refractivity contribution in [3.63, 3.8) is 0 Å². The van der Waals surface area contributed by atoms with Crippen molar-refractivity contribution in [1.29, 1.82) is 0 Å². The van der Waals surface area contributed by atoms with E-state index in [1.807, 2.05) is 0 Å². The molecule has 2 rings (SSSR count). The Bertz CT molecular complexity index is 478. The maximum absolute atomic E-state index is 11.9. The SMILES string of the molecule is O=C(O)c1cccc(NC(=O)C2CCCC2)c1O. The molecule has 1 saturated carbocycles. The first kappa shape index (κ1) is 12.4. The van der Waals surface area contributed by atoms with Gasteiger partial charge in [0.15, 0.2) is 5.75 Å². The second kappa shape index (κ2) is 5.08. The molecule has 0 aromatic heterocycles. The number of aromatic hydroxyl groups is 1. The first-order valence-electron chi connectivity index (χ1n) is 5.95. The molecule has 5 heteroatoms. The van der Waals surface area contributed by atoms with Crippen molar-refractivity contribution in [3.05, 3.63) is 23.8 Å². The number of anilines is 1. The Hall–Kier alpha value is -2.04. The lowest BCUT2D eigenvalue weighted by atomic mass is 10.1. The van der Waals surface area contributed by atoms with E-state index in [2.05, 4.69) is 5.32 Å². The fourth-order valence-electron chi connectivity index (χ4n) is 2.24. The highest BCUT2D eigenvalue weighted by atomic mass is 16.4. The number of nitrogens with one attached hydrogen (secondary N) is 1. The van der Waals surface area contributed by atoms with Crippen LogP contribution in [0.3, 0.4) is 0 Å². The van der Waals surface area contributed by atoms with Crippen LogP contribution >= 0.6 is 0 Å². The molecule has 1 amide bonds. The highest BCUT2D eigenvalue weighted by Gasteiger charge is 2.24. The van der Waals surface area contributed by atoms with Gasteiger partial charge >= 0.3 is 5.97 Å². The van der Waals surface area contributed by atoms with Crippen LogP contribution in [0.4, 0.5) is 5.69 Å². The number of carboxylic acid groups (broad SMARTS) is 1. The number of aromatic carboxylic acids is 1. The summed E-state index contributed by atoms with van der Waals surface area (Å²) in [7, 11) is 0. The summed E-state index contributed by atoms with van der Waals surface area (Å²) >= 11 is 0. The molecular weight excluding hydrogens is 234 g/mol. The Morgan fingerprint density at radius 1 is 1.22 bits per heavy atom. The van der Waals surface area contributed by atoms with Gasteiger partial charge in [0, 0.05) is 5.92 Å². The molecule has 1 aromatic rings. The molecule has 5 nitrogen and oxygen atoms in total. The van der Waals surface area contributed by atoms with Crippen LogP contribution in [0.2, 0.25) is 0 Å². The van der Waals surface area contributed by atoms with Crippen LogP contribution in [-0.2, 0) is 4.79 Å². The van der Waals surface area contributed by atoms with E-state index in [4.69, 9.17) is 5.11 Å². The van der Waals surface area contributed by atoms with Gasteiger partial charge in [-0.3, -0.25) is 4.79 Å². The Morgan fingerprint density at radius 3 is 2.50 bits per heavy atom. The van der Waals surface area contributed by atoms with Gasteiger partial charge < -0.3 is 15.5 Å². The highest BCUT2D eigenvalue weighted by molar-refractivity contribution is 5.98. The topological polar surface area (TPSA) is 86.6 Å². The number of carbonyl (C=O) groups is 2. The molecule has 0 saturated heterocycles. The lowest BCUT2D eigenvalue weighted by molar-refractivity contribution is -0.119. The molecule has 0 atom stereocenters. The van der Waals surface area contributed by atoms with E-state index in [0.29, 0.717) is 0 Å². The van der Waals surface area contributed by atoms with Gasteiger partial charge in [-0.1, -0.05) is 18.9 Å². The number of rotatable bonds is 3. The van der Waals surface area contributed by atoms with Crippen LogP contribution in [0.25, 0.3) is 0 Å². The van der Waals surface area contributed by atoms with Crippen molar-refractivity contribution in [3.8, 4) is 5.75 Å².